The summed E-state index contributed by atoms with van der Waals surface area (Å²) in [4.78, 5) is 40.0. The van der Waals surface area contributed by atoms with Crippen LogP contribution < -0.4 is 5.32 Å². The van der Waals surface area contributed by atoms with Gasteiger partial charge in [-0.1, -0.05) is 26.8 Å². The average molecular weight is 403 g/mol. The van der Waals surface area contributed by atoms with Gasteiger partial charge in [0, 0.05) is 18.5 Å². The van der Waals surface area contributed by atoms with Crippen LogP contribution in [0.1, 0.15) is 73.9 Å². The number of piperidine rings is 2. The molecule has 0 aliphatic carbocycles. The van der Waals surface area contributed by atoms with Gasteiger partial charge in [-0.25, -0.2) is 4.39 Å². The fourth-order valence-corrected chi connectivity index (χ4v) is 4.48. The summed E-state index contributed by atoms with van der Waals surface area (Å²) >= 11 is 0. The first-order chi connectivity index (χ1) is 14.0. The van der Waals surface area contributed by atoms with Crippen LogP contribution in [-0.2, 0) is 16.1 Å². The van der Waals surface area contributed by atoms with Crippen LogP contribution in [0.3, 0.4) is 0 Å². The molecule has 4 rings (SSSR count). The molecule has 0 radical (unpaired) electrons. The molecule has 7 heteroatoms. The maximum Gasteiger partial charge on any atom is 0.255 e. The zero-order valence-corrected chi connectivity index (χ0v) is 17.5. The van der Waals surface area contributed by atoms with Crippen molar-refractivity contribution in [2.24, 2.45) is 0 Å². The Labute approximate surface area is 171 Å². The maximum absolute atomic E-state index is 14.8. The minimum Gasteiger partial charge on any atom is -0.322 e. The molecule has 0 saturated carbocycles. The molecule has 158 valence electrons. The Balaban J connectivity index is 0.00000117. The summed E-state index contributed by atoms with van der Waals surface area (Å²) in [6.07, 6.45) is 2.35. The van der Waals surface area contributed by atoms with Crippen LogP contribution in [0.2, 0.25) is 0 Å². The molecule has 0 bridgehead atoms. The summed E-state index contributed by atoms with van der Waals surface area (Å²) in [5.74, 6) is -1.25. The Bertz CT molecular complexity index is 803. The SMILES string of the molecule is CC.CCN1CCC(c2cc3c(cc2F)C(=O)N(C2CCC(=O)NC2=O)C3)CC1. The van der Waals surface area contributed by atoms with Crippen molar-refractivity contribution in [2.75, 3.05) is 19.6 Å². The summed E-state index contributed by atoms with van der Waals surface area (Å²) in [6.45, 7) is 9.35. The Morgan fingerprint density at radius 1 is 1.10 bits per heavy atom. The molecule has 3 aliphatic rings. The van der Waals surface area contributed by atoms with Crippen molar-refractivity contribution in [3.63, 3.8) is 0 Å². The largest absolute Gasteiger partial charge is 0.322 e. The van der Waals surface area contributed by atoms with Crippen molar-refractivity contribution < 1.29 is 18.8 Å². The van der Waals surface area contributed by atoms with Gasteiger partial charge in [-0.15, -0.1) is 0 Å². The van der Waals surface area contributed by atoms with Gasteiger partial charge in [0.05, 0.1) is 0 Å². The van der Waals surface area contributed by atoms with Gasteiger partial charge in [0.1, 0.15) is 11.9 Å². The first kappa shape index (κ1) is 21.4. The molecule has 0 spiro atoms. The number of likely N-dealkylation sites (tertiary alicyclic amines) is 1. The summed E-state index contributed by atoms with van der Waals surface area (Å²) in [5.41, 5.74) is 1.80. The number of hydrogen-bond donors (Lipinski definition) is 1. The van der Waals surface area contributed by atoms with E-state index in [0.29, 0.717) is 24.1 Å². The maximum atomic E-state index is 14.8. The van der Waals surface area contributed by atoms with Crippen molar-refractivity contribution in [1.82, 2.24) is 15.1 Å². The fraction of sp³-hybridized carbons (Fsp3) is 0.591. The molecule has 1 aromatic rings. The second kappa shape index (κ2) is 9.03. The first-order valence-electron chi connectivity index (χ1n) is 10.7. The van der Waals surface area contributed by atoms with Crippen LogP contribution in [0.15, 0.2) is 12.1 Å². The number of carbonyl (C=O) groups excluding carboxylic acids is 3. The molecule has 3 amide bonds. The van der Waals surface area contributed by atoms with Crippen molar-refractivity contribution >= 4 is 17.7 Å². The average Bonchev–Trinajstić information content (AvgIpc) is 3.04. The van der Waals surface area contributed by atoms with Gasteiger partial charge in [-0.3, -0.25) is 19.7 Å². The molecular weight excluding hydrogens is 373 g/mol. The predicted octanol–water partition coefficient (Wildman–Crippen LogP) is 2.81. The molecule has 6 nitrogen and oxygen atoms in total. The minimum atomic E-state index is -0.665. The number of carbonyl (C=O) groups is 3. The van der Waals surface area contributed by atoms with Gasteiger partial charge >= 0.3 is 0 Å². The van der Waals surface area contributed by atoms with E-state index in [1.165, 1.54) is 11.0 Å². The van der Waals surface area contributed by atoms with Crippen molar-refractivity contribution in [3.8, 4) is 0 Å². The summed E-state index contributed by atoms with van der Waals surface area (Å²) in [5, 5.41) is 2.29. The van der Waals surface area contributed by atoms with Gasteiger partial charge in [0.2, 0.25) is 11.8 Å². The lowest BCUT2D eigenvalue weighted by atomic mass is 9.87. The molecule has 1 atom stereocenters. The highest BCUT2D eigenvalue weighted by Crippen LogP contribution is 2.35. The van der Waals surface area contributed by atoms with Gasteiger partial charge in [0.15, 0.2) is 0 Å². The Kier molecular flexibility index (Phi) is 6.67. The molecule has 1 N–H and O–H groups in total. The zero-order chi connectivity index (χ0) is 21.1. The van der Waals surface area contributed by atoms with Crippen molar-refractivity contribution in [3.05, 3.63) is 34.6 Å². The Morgan fingerprint density at radius 2 is 1.79 bits per heavy atom. The molecule has 0 aromatic heterocycles. The lowest BCUT2D eigenvalue weighted by molar-refractivity contribution is -0.136. The number of hydrogen-bond acceptors (Lipinski definition) is 4. The molecule has 29 heavy (non-hydrogen) atoms. The number of nitrogens with one attached hydrogen (secondary N) is 1. The number of imide groups is 1. The van der Waals surface area contributed by atoms with Gasteiger partial charge in [-0.2, -0.15) is 0 Å². The highest BCUT2D eigenvalue weighted by atomic mass is 19.1. The zero-order valence-electron chi connectivity index (χ0n) is 17.5. The lowest BCUT2D eigenvalue weighted by Crippen LogP contribution is -2.52. The Morgan fingerprint density at radius 3 is 2.41 bits per heavy atom. The molecule has 1 unspecified atom stereocenters. The third kappa shape index (κ3) is 4.20. The number of halogens is 1. The minimum absolute atomic E-state index is 0.165. The van der Waals surface area contributed by atoms with Crippen LogP contribution in [0.4, 0.5) is 4.39 Å². The van der Waals surface area contributed by atoms with Crippen LogP contribution in [0, 0.1) is 5.82 Å². The van der Waals surface area contributed by atoms with E-state index in [1.54, 1.807) is 0 Å². The van der Waals surface area contributed by atoms with Gasteiger partial charge in [-0.05, 0) is 62.0 Å². The van der Waals surface area contributed by atoms with E-state index in [9.17, 15) is 18.8 Å². The highest BCUT2D eigenvalue weighted by Gasteiger charge is 2.40. The summed E-state index contributed by atoms with van der Waals surface area (Å²) < 4.78 is 14.8. The van der Waals surface area contributed by atoms with E-state index in [1.807, 2.05) is 19.9 Å². The fourth-order valence-electron chi connectivity index (χ4n) is 4.48. The lowest BCUT2D eigenvalue weighted by Gasteiger charge is -2.31. The second-order valence-electron chi connectivity index (χ2n) is 7.64. The summed E-state index contributed by atoms with van der Waals surface area (Å²) in [7, 11) is 0. The normalized spacial score (nSPS) is 22.8. The Hall–Kier alpha value is -2.28. The first-order valence-corrected chi connectivity index (χ1v) is 10.7. The van der Waals surface area contributed by atoms with Crippen LogP contribution in [0.25, 0.3) is 0 Å². The van der Waals surface area contributed by atoms with E-state index in [-0.39, 0.29) is 30.0 Å². The van der Waals surface area contributed by atoms with E-state index >= 15 is 0 Å². The number of amides is 3. The van der Waals surface area contributed by atoms with E-state index in [0.717, 1.165) is 38.0 Å². The van der Waals surface area contributed by atoms with E-state index in [4.69, 9.17) is 0 Å². The molecule has 3 aliphatic heterocycles. The van der Waals surface area contributed by atoms with Gasteiger partial charge in [0.25, 0.3) is 5.91 Å². The van der Waals surface area contributed by atoms with Gasteiger partial charge < -0.3 is 9.80 Å². The third-order valence-electron chi connectivity index (χ3n) is 6.12. The number of rotatable bonds is 3. The number of benzene rings is 1. The van der Waals surface area contributed by atoms with E-state index in [2.05, 4.69) is 17.1 Å². The van der Waals surface area contributed by atoms with Crippen molar-refractivity contribution in [1.29, 1.82) is 0 Å². The van der Waals surface area contributed by atoms with E-state index < -0.39 is 11.9 Å². The number of nitrogens with zero attached hydrogens (tertiary/aromatic N) is 2. The number of fused-ring (bicyclic) bond motifs is 1. The van der Waals surface area contributed by atoms with Crippen LogP contribution in [-0.4, -0.2) is 53.2 Å². The molecule has 2 saturated heterocycles. The topological polar surface area (TPSA) is 69.7 Å². The molecule has 2 fully saturated rings. The second-order valence-corrected chi connectivity index (χ2v) is 7.64. The highest BCUT2D eigenvalue weighted by molar-refractivity contribution is 6.05. The monoisotopic (exact) mass is 403 g/mol. The summed E-state index contributed by atoms with van der Waals surface area (Å²) in [6, 6.07) is 2.49. The molecule has 3 heterocycles. The smallest absolute Gasteiger partial charge is 0.255 e. The molecular formula is C22H30FN3O3. The third-order valence-corrected chi connectivity index (χ3v) is 6.12. The van der Waals surface area contributed by atoms with Crippen molar-refractivity contribution in [2.45, 2.75) is 65.0 Å². The predicted molar refractivity (Wildman–Crippen MR) is 108 cm³/mol. The standard InChI is InChI=1S/C20H24FN3O3.C2H6/c1-2-23-7-5-12(6-8-23)14-9-13-11-24(20(27)15(13)10-16(14)21)17-3-4-18(25)22-19(17)26;1-2/h9-10,12,17H,2-8,11H2,1H3,(H,22,25,26);1-2H3. The van der Waals surface area contributed by atoms with Crippen LogP contribution >= 0.6 is 0 Å². The molecule has 1 aromatic carbocycles. The van der Waals surface area contributed by atoms with Crippen LogP contribution in [0.5, 0.6) is 0 Å². The quantitative estimate of drug-likeness (QED) is 0.788.